The number of fused-ring (bicyclic) bond motifs is 1. The number of likely N-dealkylation sites (tertiary alicyclic amines) is 1. The lowest BCUT2D eigenvalue weighted by Crippen LogP contribution is -2.65. The molecule has 0 aromatic rings. The number of nitrogens with zero attached hydrogens (tertiary/aromatic N) is 3. The number of carbonyl (C=O) groups excluding carboxylic acids is 3. The van der Waals surface area contributed by atoms with E-state index < -0.39 is 35.6 Å². The van der Waals surface area contributed by atoms with E-state index in [1.807, 2.05) is 20.2 Å². The van der Waals surface area contributed by atoms with E-state index in [1.165, 1.54) is 19.8 Å². The third-order valence-corrected chi connectivity index (χ3v) is 6.69. The van der Waals surface area contributed by atoms with Gasteiger partial charge >= 0.3 is 11.9 Å². The predicted molar refractivity (Wildman–Crippen MR) is 101 cm³/mol. The van der Waals surface area contributed by atoms with Crippen LogP contribution >= 0.6 is 11.8 Å². The zero-order valence-electron chi connectivity index (χ0n) is 16.1. The number of hydrogen-bond acceptors (Lipinski definition) is 7. The van der Waals surface area contributed by atoms with E-state index in [4.69, 9.17) is 4.74 Å². The molecular weight excluding hydrogens is 370 g/mol. The Labute approximate surface area is 163 Å². The first-order valence-corrected chi connectivity index (χ1v) is 10.3. The van der Waals surface area contributed by atoms with E-state index in [2.05, 4.69) is 14.6 Å². The maximum absolute atomic E-state index is 12.7. The molecule has 0 radical (unpaired) electrons. The van der Waals surface area contributed by atoms with Crippen molar-refractivity contribution in [2.24, 2.45) is 4.99 Å². The van der Waals surface area contributed by atoms with Crippen molar-refractivity contribution in [1.82, 2.24) is 9.80 Å². The van der Waals surface area contributed by atoms with Crippen LogP contribution in [-0.2, 0) is 23.9 Å². The molecule has 3 fully saturated rings. The zero-order valence-corrected chi connectivity index (χ0v) is 16.9. The van der Waals surface area contributed by atoms with Crippen molar-refractivity contribution in [3.05, 3.63) is 0 Å². The Balaban J connectivity index is 1.62. The van der Waals surface area contributed by atoms with Gasteiger partial charge < -0.3 is 19.3 Å². The van der Waals surface area contributed by atoms with Gasteiger partial charge in [0.1, 0.15) is 11.4 Å². The first kappa shape index (κ1) is 20.0. The first-order valence-electron chi connectivity index (χ1n) is 9.38. The van der Waals surface area contributed by atoms with Crippen LogP contribution in [0.5, 0.6) is 0 Å². The molecule has 0 N–H and O–H groups in total. The second kappa shape index (κ2) is 8.08. The molecular formula is C18H27N3O5S. The van der Waals surface area contributed by atoms with Crippen LogP contribution in [0.1, 0.15) is 46.5 Å². The van der Waals surface area contributed by atoms with Crippen molar-refractivity contribution in [2.75, 3.05) is 19.9 Å². The number of ether oxygens (including phenoxy) is 2. The van der Waals surface area contributed by atoms with Gasteiger partial charge in [0.25, 0.3) is 5.91 Å². The van der Waals surface area contributed by atoms with Gasteiger partial charge in [0.15, 0.2) is 6.04 Å². The van der Waals surface area contributed by atoms with Gasteiger partial charge in [0.2, 0.25) is 6.79 Å². The monoisotopic (exact) mass is 397 g/mol. The third kappa shape index (κ3) is 4.23. The number of thioether (sulfide) groups is 1. The molecule has 3 saturated heterocycles. The van der Waals surface area contributed by atoms with E-state index in [0.29, 0.717) is 0 Å². The third-order valence-electron chi connectivity index (χ3n) is 5.13. The lowest BCUT2D eigenvalue weighted by molar-refractivity contribution is -0.175. The van der Waals surface area contributed by atoms with E-state index in [1.54, 1.807) is 16.7 Å². The van der Waals surface area contributed by atoms with Gasteiger partial charge in [0.05, 0.1) is 6.34 Å². The number of esters is 2. The van der Waals surface area contributed by atoms with Crippen molar-refractivity contribution >= 4 is 35.9 Å². The van der Waals surface area contributed by atoms with Crippen molar-refractivity contribution in [3.63, 3.8) is 0 Å². The summed E-state index contributed by atoms with van der Waals surface area (Å²) in [6.45, 7) is 6.58. The maximum Gasteiger partial charge on any atom is 0.333 e. The molecule has 3 aliphatic heterocycles. The lowest BCUT2D eigenvalue weighted by Gasteiger charge is -2.41. The van der Waals surface area contributed by atoms with Gasteiger partial charge in [-0.2, -0.15) is 0 Å². The fourth-order valence-corrected chi connectivity index (χ4v) is 5.35. The molecule has 0 saturated carbocycles. The SMILES string of the molecule is CC(=O)OCOC(=O)[C@@H]1N2C(=O)C(/N=C/N3CCCCCC3)[C@H]2SC1(C)C. The summed E-state index contributed by atoms with van der Waals surface area (Å²) in [5.74, 6) is -1.23. The van der Waals surface area contributed by atoms with Crippen molar-refractivity contribution in [3.8, 4) is 0 Å². The smallest absolute Gasteiger partial charge is 0.333 e. The minimum absolute atomic E-state index is 0.154. The molecule has 1 unspecified atom stereocenters. The second-order valence-electron chi connectivity index (χ2n) is 7.64. The van der Waals surface area contributed by atoms with Crippen LogP contribution in [0.3, 0.4) is 0 Å². The summed E-state index contributed by atoms with van der Waals surface area (Å²) < 4.78 is 9.21. The molecule has 0 spiro atoms. The highest BCUT2D eigenvalue weighted by molar-refractivity contribution is 8.01. The van der Waals surface area contributed by atoms with Gasteiger partial charge in [-0.15, -0.1) is 11.8 Å². The Kier molecular flexibility index (Phi) is 5.98. The van der Waals surface area contributed by atoms with E-state index in [-0.39, 0.29) is 11.3 Å². The van der Waals surface area contributed by atoms with Crippen molar-refractivity contribution in [1.29, 1.82) is 0 Å². The molecule has 3 aliphatic rings. The number of β-lactam (4-membered cyclic amide) rings is 1. The van der Waals surface area contributed by atoms with Crippen LogP contribution in [0.15, 0.2) is 4.99 Å². The minimum Gasteiger partial charge on any atom is -0.428 e. The topological polar surface area (TPSA) is 88.5 Å². The summed E-state index contributed by atoms with van der Waals surface area (Å²) in [5, 5.41) is -0.165. The molecule has 3 heterocycles. The highest BCUT2D eigenvalue weighted by Gasteiger charge is 2.64. The molecule has 27 heavy (non-hydrogen) atoms. The Hall–Kier alpha value is -1.77. The van der Waals surface area contributed by atoms with Crippen LogP contribution in [0.2, 0.25) is 0 Å². The van der Waals surface area contributed by atoms with Crippen molar-refractivity contribution in [2.45, 2.75) is 68.7 Å². The number of rotatable bonds is 5. The second-order valence-corrected chi connectivity index (χ2v) is 9.41. The highest BCUT2D eigenvalue weighted by atomic mass is 32.2. The molecule has 3 atom stereocenters. The van der Waals surface area contributed by atoms with Gasteiger partial charge in [-0.3, -0.25) is 14.6 Å². The summed E-state index contributed by atoms with van der Waals surface area (Å²) >= 11 is 1.56. The molecule has 0 bridgehead atoms. The number of amides is 1. The minimum atomic E-state index is -0.708. The Morgan fingerprint density at radius 2 is 1.89 bits per heavy atom. The Morgan fingerprint density at radius 3 is 2.52 bits per heavy atom. The zero-order chi connectivity index (χ0) is 19.6. The van der Waals surface area contributed by atoms with Gasteiger partial charge in [-0.25, -0.2) is 4.79 Å². The van der Waals surface area contributed by atoms with Crippen LogP contribution in [0, 0.1) is 0 Å². The van der Waals surface area contributed by atoms with E-state index in [0.717, 1.165) is 25.9 Å². The fraction of sp³-hybridized carbons (Fsp3) is 0.778. The average molecular weight is 397 g/mol. The summed E-state index contributed by atoms with van der Waals surface area (Å²) in [6.07, 6.45) is 6.59. The maximum atomic E-state index is 12.7. The standard InChI is InChI=1S/C18H27N3O5S/c1-12(22)25-11-26-17(24)14-18(2,3)27-16-13(15(23)21(14)16)19-10-20-8-6-4-5-7-9-20/h10,13-14,16H,4-9,11H2,1-3H3/b19-10+/t13?,14-,16+/m0/s1. The average Bonchev–Trinajstić information content (AvgIpc) is 2.74. The molecule has 8 nitrogen and oxygen atoms in total. The lowest BCUT2D eigenvalue weighted by atomic mass is 9.96. The quantitative estimate of drug-likeness (QED) is 0.228. The predicted octanol–water partition coefficient (Wildman–Crippen LogP) is 1.39. The Morgan fingerprint density at radius 1 is 1.22 bits per heavy atom. The van der Waals surface area contributed by atoms with E-state index in [9.17, 15) is 14.4 Å². The largest absolute Gasteiger partial charge is 0.428 e. The fourth-order valence-electron chi connectivity index (χ4n) is 3.74. The van der Waals surface area contributed by atoms with Crippen LogP contribution in [0.4, 0.5) is 0 Å². The molecule has 0 aromatic heterocycles. The summed E-state index contributed by atoms with van der Waals surface area (Å²) in [4.78, 5) is 44.2. The van der Waals surface area contributed by atoms with E-state index >= 15 is 0 Å². The van der Waals surface area contributed by atoms with Gasteiger partial charge in [0, 0.05) is 24.8 Å². The first-order chi connectivity index (χ1) is 12.8. The molecule has 1 amide bonds. The highest BCUT2D eigenvalue weighted by Crippen LogP contribution is 2.51. The van der Waals surface area contributed by atoms with Crippen LogP contribution < -0.4 is 0 Å². The van der Waals surface area contributed by atoms with Crippen LogP contribution in [0.25, 0.3) is 0 Å². The van der Waals surface area contributed by atoms with Gasteiger partial charge in [-0.05, 0) is 26.7 Å². The normalized spacial score (nSPS) is 29.9. The summed E-state index contributed by atoms with van der Waals surface area (Å²) in [7, 11) is 0. The van der Waals surface area contributed by atoms with Crippen LogP contribution in [-0.4, -0.2) is 76.1 Å². The summed E-state index contributed by atoms with van der Waals surface area (Å²) in [5.41, 5.74) is 0. The molecule has 9 heteroatoms. The molecule has 0 aliphatic carbocycles. The molecule has 150 valence electrons. The number of hydrogen-bond donors (Lipinski definition) is 0. The molecule has 0 aromatic carbocycles. The number of aliphatic imine (C=N–C) groups is 1. The Bertz CT molecular complexity index is 630. The number of carbonyl (C=O) groups is 3. The van der Waals surface area contributed by atoms with Crippen molar-refractivity contribution < 1.29 is 23.9 Å². The van der Waals surface area contributed by atoms with Gasteiger partial charge in [-0.1, -0.05) is 12.8 Å². The molecule has 3 rings (SSSR count). The summed E-state index contributed by atoms with van der Waals surface area (Å²) in [6, 6.07) is -1.16.